The largest absolute Gasteiger partial charge is 0.352 e. The molecule has 0 bridgehead atoms. The van der Waals surface area contributed by atoms with Gasteiger partial charge in [-0.25, -0.2) is 0 Å². The van der Waals surface area contributed by atoms with Crippen molar-refractivity contribution in [2.45, 2.75) is 73.6 Å². The van der Waals surface area contributed by atoms with Crippen LogP contribution in [-0.4, -0.2) is 25.5 Å². The Kier molecular flexibility index (Phi) is 5.57. The highest BCUT2D eigenvalue weighted by atomic mass is 16.7. The standard InChI is InChI=1S/C19H35NO3/c1-12-10-22-17(23-11-12)13-8-14(18(2,3)4)16(20-21)15(9-13)19(5,6)7/h12-17H,8-11H2,1-7H3. The SMILES string of the molecule is CC1COC(C2CC(C(C)(C)C)C(N=O)C(C(C)(C)C)C2)OC1. The van der Waals surface area contributed by atoms with Gasteiger partial charge in [0.25, 0.3) is 0 Å². The van der Waals surface area contributed by atoms with Crippen LogP contribution in [0.2, 0.25) is 0 Å². The van der Waals surface area contributed by atoms with Crippen LogP contribution in [0.15, 0.2) is 5.18 Å². The zero-order valence-electron chi connectivity index (χ0n) is 16.0. The molecule has 0 aromatic carbocycles. The second-order valence-corrected chi connectivity index (χ2v) is 9.91. The van der Waals surface area contributed by atoms with E-state index in [9.17, 15) is 4.91 Å². The van der Waals surface area contributed by atoms with Crippen molar-refractivity contribution >= 4 is 0 Å². The summed E-state index contributed by atoms with van der Waals surface area (Å²) in [6.45, 7) is 17.1. The third-order valence-corrected chi connectivity index (χ3v) is 5.76. The van der Waals surface area contributed by atoms with E-state index in [1.807, 2.05) is 0 Å². The fourth-order valence-corrected chi connectivity index (χ4v) is 4.30. The van der Waals surface area contributed by atoms with E-state index in [-0.39, 0.29) is 35.0 Å². The molecular formula is C19H35NO3. The molecule has 23 heavy (non-hydrogen) atoms. The van der Waals surface area contributed by atoms with Crippen LogP contribution in [0.5, 0.6) is 0 Å². The first kappa shape index (κ1) is 18.9. The van der Waals surface area contributed by atoms with Crippen LogP contribution in [0.3, 0.4) is 0 Å². The van der Waals surface area contributed by atoms with Gasteiger partial charge in [-0.05, 0) is 35.5 Å². The van der Waals surface area contributed by atoms with Gasteiger partial charge in [0, 0.05) is 11.8 Å². The molecule has 0 aromatic heterocycles. The molecule has 1 aliphatic heterocycles. The summed E-state index contributed by atoms with van der Waals surface area (Å²) < 4.78 is 12.0. The monoisotopic (exact) mass is 325 g/mol. The van der Waals surface area contributed by atoms with E-state index in [4.69, 9.17) is 9.47 Å². The Morgan fingerprint density at radius 1 is 0.870 bits per heavy atom. The van der Waals surface area contributed by atoms with Gasteiger partial charge in [0.2, 0.25) is 0 Å². The smallest absolute Gasteiger partial charge is 0.160 e. The van der Waals surface area contributed by atoms with Crippen molar-refractivity contribution in [3.63, 3.8) is 0 Å². The predicted octanol–water partition coefficient (Wildman–Crippen LogP) is 4.87. The van der Waals surface area contributed by atoms with E-state index in [2.05, 4.69) is 53.6 Å². The van der Waals surface area contributed by atoms with Gasteiger partial charge >= 0.3 is 0 Å². The summed E-state index contributed by atoms with van der Waals surface area (Å²) in [7, 11) is 0. The van der Waals surface area contributed by atoms with Crippen LogP contribution < -0.4 is 0 Å². The zero-order valence-corrected chi connectivity index (χ0v) is 16.0. The van der Waals surface area contributed by atoms with Gasteiger partial charge in [-0.3, -0.25) is 0 Å². The van der Waals surface area contributed by atoms with Gasteiger partial charge in [0.05, 0.1) is 19.3 Å². The highest BCUT2D eigenvalue weighted by Crippen LogP contribution is 2.51. The molecule has 1 heterocycles. The quantitative estimate of drug-likeness (QED) is 0.681. The number of rotatable bonds is 2. The summed E-state index contributed by atoms with van der Waals surface area (Å²) in [5.74, 6) is 1.37. The molecule has 2 atom stereocenters. The molecule has 0 aromatic rings. The average molecular weight is 325 g/mol. The Morgan fingerprint density at radius 3 is 1.65 bits per heavy atom. The van der Waals surface area contributed by atoms with Crippen LogP contribution in [0.4, 0.5) is 0 Å². The molecule has 1 saturated carbocycles. The van der Waals surface area contributed by atoms with E-state index >= 15 is 0 Å². The molecule has 0 spiro atoms. The minimum absolute atomic E-state index is 0.0582. The lowest BCUT2D eigenvalue weighted by atomic mass is 9.57. The molecule has 4 nitrogen and oxygen atoms in total. The van der Waals surface area contributed by atoms with Gasteiger partial charge in [-0.15, -0.1) is 0 Å². The lowest BCUT2D eigenvalue weighted by molar-refractivity contribution is -0.234. The summed E-state index contributed by atoms with van der Waals surface area (Å²) in [5, 5.41) is 3.60. The molecular weight excluding hydrogens is 290 g/mol. The van der Waals surface area contributed by atoms with Crippen molar-refractivity contribution in [3.8, 4) is 0 Å². The maximum absolute atomic E-state index is 11.7. The summed E-state index contributed by atoms with van der Waals surface area (Å²) >= 11 is 0. The van der Waals surface area contributed by atoms with E-state index in [1.165, 1.54) is 0 Å². The Hall–Kier alpha value is -0.480. The Balaban J connectivity index is 2.24. The third-order valence-electron chi connectivity index (χ3n) is 5.76. The van der Waals surface area contributed by atoms with Gasteiger partial charge in [0.15, 0.2) is 6.29 Å². The average Bonchev–Trinajstić information content (AvgIpc) is 2.44. The Labute approximate surface area is 141 Å². The van der Waals surface area contributed by atoms with Crippen LogP contribution in [-0.2, 0) is 9.47 Å². The predicted molar refractivity (Wildman–Crippen MR) is 93.1 cm³/mol. The Bertz CT molecular complexity index is 378. The topological polar surface area (TPSA) is 47.9 Å². The lowest BCUT2D eigenvalue weighted by Crippen LogP contribution is -2.50. The van der Waals surface area contributed by atoms with Crippen LogP contribution >= 0.6 is 0 Å². The van der Waals surface area contributed by atoms with Crippen LogP contribution in [0.1, 0.15) is 61.3 Å². The highest BCUT2D eigenvalue weighted by Gasteiger charge is 2.50. The molecule has 2 aliphatic rings. The first-order chi connectivity index (χ1) is 10.5. The number of hydrogen-bond acceptors (Lipinski definition) is 4. The first-order valence-corrected chi connectivity index (χ1v) is 9.09. The van der Waals surface area contributed by atoms with Crippen molar-refractivity contribution in [1.82, 2.24) is 0 Å². The first-order valence-electron chi connectivity index (χ1n) is 9.09. The van der Waals surface area contributed by atoms with Crippen molar-refractivity contribution in [3.05, 3.63) is 4.91 Å². The van der Waals surface area contributed by atoms with Crippen molar-refractivity contribution < 1.29 is 9.47 Å². The minimum atomic E-state index is -0.117. The highest BCUT2D eigenvalue weighted by molar-refractivity contribution is 4.99. The van der Waals surface area contributed by atoms with E-state index in [0.29, 0.717) is 11.8 Å². The van der Waals surface area contributed by atoms with Crippen molar-refractivity contribution in [1.29, 1.82) is 0 Å². The number of ether oxygens (including phenoxy) is 2. The fourth-order valence-electron chi connectivity index (χ4n) is 4.30. The number of hydrogen-bond donors (Lipinski definition) is 0. The minimum Gasteiger partial charge on any atom is -0.352 e. The van der Waals surface area contributed by atoms with Crippen molar-refractivity contribution in [2.24, 2.45) is 39.7 Å². The maximum Gasteiger partial charge on any atom is 0.160 e. The summed E-state index contributed by atoms with van der Waals surface area (Å²) in [6, 6.07) is -0.117. The molecule has 1 aliphatic carbocycles. The normalized spacial score (nSPS) is 40.0. The second kappa shape index (κ2) is 6.79. The Morgan fingerprint density at radius 2 is 1.30 bits per heavy atom. The molecule has 4 heteroatoms. The van der Waals surface area contributed by atoms with Gasteiger partial charge in [-0.2, -0.15) is 4.91 Å². The van der Waals surface area contributed by atoms with E-state index in [0.717, 1.165) is 26.1 Å². The summed E-state index contributed by atoms with van der Waals surface area (Å²) in [5.41, 5.74) is 0.116. The number of nitroso groups, excluding NO2 is 1. The van der Waals surface area contributed by atoms with Gasteiger partial charge in [-0.1, -0.05) is 53.6 Å². The van der Waals surface area contributed by atoms with Crippen LogP contribution in [0.25, 0.3) is 0 Å². The van der Waals surface area contributed by atoms with Crippen molar-refractivity contribution in [2.75, 3.05) is 13.2 Å². The molecule has 2 fully saturated rings. The zero-order chi connectivity index (χ0) is 17.4. The fraction of sp³-hybridized carbons (Fsp3) is 1.00. The summed E-state index contributed by atoms with van der Waals surface area (Å²) in [6.07, 6.45) is 1.81. The van der Waals surface area contributed by atoms with Crippen LogP contribution in [0, 0.1) is 39.4 Å². The van der Waals surface area contributed by atoms with Gasteiger partial charge in [0.1, 0.15) is 0 Å². The second-order valence-electron chi connectivity index (χ2n) is 9.91. The molecule has 2 rings (SSSR count). The summed E-state index contributed by atoms with van der Waals surface area (Å²) in [4.78, 5) is 11.7. The lowest BCUT2D eigenvalue weighted by Gasteiger charge is -2.50. The molecule has 1 saturated heterocycles. The van der Waals surface area contributed by atoms with Gasteiger partial charge < -0.3 is 9.47 Å². The van der Waals surface area contributed by atoms with E-state index < -0.39 is 0 Å². The maximum atomic E-state index is 11.7. The molecule has 0 radical (unpaired) electrons. The molecule has 0 N–H and O–H groups in total. The number of nitrogens with zero attached hydrogens (tertiary/aromatic N) is 1. The molecule has 0 amide bonds. The third kappa shape index (κ3) is 4.33. The van der Waals surface area contributed by atoms with E-state index in [1.54, 1.807) is 0 Å². The molecule has 134 valence electrons. The molecule has 2 unspecified atom stereocenters.